The van der Waals surface area contributed by atoms with Crippen molar-refractivity contribution in [2.24, 2.45) is 0 Å². The van der Waals surface area contributed by atoms with E-state index >= 15 is 0 Å². The minimum Gasteiger partial charge on any atom is -0.403 e. The van der Waals surface area contributed by atoms with Crippen molar-refractivity contribution in [2.75, 3.05) is 43.9 Å². The van der Waals surface area contributed by atoms with Gasteiger partial charge in [-0.05, 0) is 37.4 Å². The fourth-order valence-corrected chi connectivity index (χ4v) is 3.63. The Morgan fingerprint density at radius 3 is 2.47 bits per heavy atom. The van der Waals surface area contributed by atoms with Crippen LogP contribution < -0.4 is 15.4 Å². The Hall–Kier alpha value is -3.44. The van der Waals surface area contributed by atoms with E-state index < -0.39 is 12.1 Å². The predicted molar refractivity (Wildman–Crippen MR) is 125 cm³/mol. The number of carbonyl (C=O) groups excluding carboxylic acids is 1. The summed E-state index contributed by atoms with van der Waals surface area (Å²) in [4.78, 5) is 26.1. The lowest BCUT2D eigenvalue weighted by atomic mass is 10.1. The standard InChI is InChI=1S/C19H18ClF3N6O.C3H4O/c1-28-4-6-29(7-5-28)18-12-8-13(20)11(9-14(12)25-10-26-18)17-15(30-19(21,22)23)2-3-16(24)27-17;1-2-3-4/h2-3,8-10H,4-7H2,1H3,(H2,24,27);2-3H,1H2. The first-order chi connectivity index (χ1) is 16.1. The van der Waals surface area contributed by atoms with Crippen molar-refractivity contribution in [3.8, 4) is 17.0 Å². The zero-order valence-corrected chi connectivity index (χ0v) is 19.0. The highest BCUT2D eigenvalue weighted by Crippen LogP contribution is 2.39. The lowest BCUT2D eigenvalue weighted by Gasteiger charge is -2.33. The number of nitrogens with two attached hydrogens (primary N) is 1. The number of fused-ring (bicyclic) bond motifs is 1. The third kappa shape index (κ3) is 6.12. The van der Waals surface area contributed by atoms with Crippen LogP contribution in [0.5, 0.6) is 5.75 Å². The number of rotatable bonds is 4. The van der Waals surface area contributed by atoms with Crippen molar-refractivity contribution in [1.29, 1.82) is 0 Å². The Kier molecular flexibility index (Phi) is 7.90. The Bertz CT molecular complexity index is 1180. The summed E-state index contributed by atoms with van der Waals surface area (Å²) >= 11 is 6.47. The molecule has 0 saturated carbocycles. The molecule has 2 N–H and O–H groups in total. The van der Waals surface area contributed by atoms with Crippen molar-refractivity contribution in [3.05, 3.63) is 48.3 Å². The Morgan fingerprint density at radius 1 is 1.18 bits per heavy atom. The molecule has 1 aromatic carbocycles. The van der Waals surface area contributed by atoms with Crippen molar-refractivity contribution in [2.45, 2.75) is 6.36 Å². The van der Waals surface area contributed by atoms with Crippen molar-refractivity contribution in [1.82, 2.24) is 19.9 Å². The number of pyridine rings is 1. The lowest BCUT2D eigenvalue weighted by Crippen LogP contribution is -2.44. The van der Waals surface area contributed by atoms with Gasteiger partial charge in [-0.1, -0.05) is 18.2 Å². The maximum Gasteiger partial charge on any atom is 0.573 e. The molecule has 1 fully saturated rings. The molecule has 180 valence electrons. The average Bonchev–Trinajstić information content (AvgIpc) is 2.79. The SMILES string of the molecule is C=CC=O.CN1CCN(c2ncnc3cc(-c4nc(N)ccc4OC(F)(F)F)c(Cl)cc23)CC1. The summed E-state index contributed by atoms with van der Waals surface area (Å²) in [6.07, 6.45) is -1.62. The summed E-state index contributed by atoms with van der Waals surface area (Å²) < 4.78 is 42.6. The summed E-state index contributed by atoms with van der Waals surface area (Å²) in [6.45, 7) is 6.48. The van der Waals surface area contributed by atoms with Crippen LogP contribution >= 0.6 is 11.6 Å². The van der Waals surface area contributed by atoms with Crippen molar-refractivity contribution in [3.63, 3.8) is 0 Å². The van der Waals surface area contributed by atoms with Crippen LogP contribution in [0.3, 0.4) is 0 Å². The van der Waals surface area contributed by atoms with E-state index in [0.29, 0.717) is 17.2 Å². The number of nitrogens with zero attached hydrogens (tertiary/aromatic N) is 5. The van der Waals surface area contributed by atoms with Gasteiger partial charge < -0.3 is 20.3 Å². The Balaban J connectivity index is 0.000000751. The largest absolute Gasteiger partial charge is 0.573 e. The fraction of sp³-hybridized carbons (Fsp3) is 0.273. The number of aromatic nitrogens is 3. The zero-order valence-electron chi connectivity index (χ0n) is 18.2. The number of allylic oxidation sites excluding steroid dienone is 1. The number of nitrogen functional groups attached to an aromatic ring is 1. The number of benzene rings is 1. The number of halogens is 4. The van der Waals surface area contributed by atoms with Gasteiger partial charge in [-0.3, -0.25) is 4.79 Å². The third-order valence-electron chi connectivity index (χ3n) is 4.96. The molecular formula is C22H22ClF3N6O2. The van der Waals surface area contributed by atoms with Crippen molar-refractivity contribution >= 4 is 40.4 Å². The van der Waals surface area contributed by atoms with Gasteiger partial charge in [-0.25, -0.2) is 15.0 Å². The molecule has 0 amide bonds. The highest BCUT2D eigenvalue weighted by Gasteiger charge is 2.33. The van der Waals surface area contributed by atoms with Crippen molar-refractivity contribution < 1.29 is 22.7 Å². The minimum atomic E-state index is -4.88. The summed E-state index contributed by atoms with van der Waals surface area (Å²) in [5.74, 6) is 0.275. The van der Waals surface area contributed by atoms with Crippen LogP contribution in [0.25, 0.3) is 22.2 Å². The molecule has 34 heavy (non-hydrogen) atoms. The number of likely N-dealkylation sites (N-methyl/N-ethyl adjacent to an activating group) is 1. The molecule has 3 aromatic rings. The van der Waals surface area contributed by atoms with E-state index in [1.54, 1.807) is 12.1 Å². The molecule has 0 atom stereocenters. The second kappa shape index (κ2) is 10.7. The van der Waals surface area contributed by atoms with Crippen LogP contribution in [0.15, 0.2) is 43.2 Å². The predicted octanol–water partition coefficient (Wildman–Crippen LogP) is 3.95. The summed E-state index contributed by atoms with van der Waals surface area (Å²) in [7, 11) is 2.05. The number of ether oxygens (including phenoxy) is 1. The van der Waals surface area contributed by atoms with Crippen LogP contribution in [-0.4, -0.2) is 65.7 Å². The van der Waals surface area contributed by atoms with Crippen LogP contribution in [0.1, 0.15) is 0 Å². The maximum atomic E-state index is 12.8. The second-order valence-corrected chi connectivity index (χ2v) is 7.75. The van der Waals surface area contributed by atoms with Gasteiger partial charge in [0.15, 0.2) is 5.75 Å². The van der Waals surface area contributed by atoms with E-state index in [-0.39, 0.29) is 22.1 Å². The molecule has 0 unspecified atom stereocenters. The molecule has 0 aliphatic carbocycles. The molecule has 8 nitrogen and oxygen atoms in total. The topological polar surface area (TPSA) is 97.5 Å². The zero-order chi connectivity index (χ0) is 24.9. The van der Waals surface area contributed by atoms with Gasteiger partial charge >= 0.3 is 6.36 Å². The highest BCUT2D eigenvalue weighted by molar-refractivity contribution is 6.34. The molecule has 0 bridgehead atoms. The normalized spacial score (nSPS) is 14.3. The first kappa shape index (κ1) is 25.2. The fourth-order valence-electron chi connectivity index (χ4n) is 3.38. The number of hydrogen-bond acceptors (Lipinski definition) is 8. The monoisotopic (exact) mass is 494 g/mol. The number of piperazine rings is 1. The molecule has 0 radical (unpaired) electrons. The van der Waals surface area contributed by atoms with E-state index in [9.17, 15) is 13.2 Å². The van der Waals surface area contributed by atoms with E-state index in [0.717, 1.165) is 38.1 Å². The number of alkyl halides is 3. The van der Waals surface area contributed by atoms with Crippen LogP contribution in [-0.2, 0) is 4.79 Å². The van der Waals surface area contributed by atoms with Gasteiger partial charge in [0, 0.05) is 37.1 Å². The first-order valence-electron chi connectivity index (χ1n) is 10.1. The maximum absolute atomic E-state index is 12.8. The van der Waals surface area contributed by atoms with Gasteiger partial charge in [0.1, 0.15) is 29.9 Å². The summed E-state index contributed by atoms with van der Waals surface area (Å²) in [5.41, 5.74) is 6.35. The molecule has 1 saturated heterocycles. The van der Waals surface area contributed by atoms with Crippen LogP contribution in [0, 0.1) is 0 Å². The highest BCUT2D eigenvalue weighted by atomic mass is 35.5. The van der Waals surface area contributed by atoms with E-state index in [4.69, 9.17) is 22.1 Å². The van der Waals surface area contributed by atoms with Gasteiger partial charge in [0.25, 0.3) is 0 Å². The summed E-state index contributed by atoms with van der Waals surface area (Å²) in [6, 6.07) is 5.56. The molecule has 12 heteroatoms. The molecule has 0 spiro atoms. The molecule has 2 aromatic heterocycles. The van der Waals surface area contributed by atoms with Gasteiger partial charge in [0.05, 0.1) is 10.5 Å². The van der Waals surface area contributed by atoms with Gasteiger partial charge in [-0.2, -0.15) is 0 Å². The Morgan fingerprint density at radius 2 is 1.85 bits per heavy atom. The quantitative estimate of drug-likeness (QED) is 0.430. The Labute approximate surface area is 198 Å². The molecule has 3 heterocycles. The summed E-state index contributed by atoms with van der Waals surface area (Å²) in [5, 5.41) is 0.899. The molecule has 4 rings (SSSR count). The first-order valence-corrected chi connectivity index (χ1v) is 10.5. The van der Waals surface area contributed by atoms with Gasteiger partial charge in [-0.15, -0.1) is 13.2 Å². The number of hydrogen-bond donors (Lipinski definition) is 1. The second-order valence-electron chi connectivity index (χ2n) is 7.34. The number of carbonyl (C=O) groups is 1. The van der Waals surface area contributed by atoms with E-state index in [2.05, 4.69) is 43.1 Å². The molecular weight excluding hydrogens is 473 g/mol. The van der Waals surface area contributed by atoms with E-state index in [1.807, 2.05) is 0 Å². The van der Waals surface area contributed by atoms with Crippen LogP contribution in [0.2, 0.25) is 5.02 Å². The van der Waals surface area contributed by atoms with Gasteiger partial charge in [0.2, 0.25) is 0 Å². The molecule has 1 aliphatic heterocycles. The minimum absolute atomic E-state index is 0.0384. The number of anilines is 2. The average molecular weight is 495 g/mol. The number of aldehydes is 1. The van der Waals surface area contributed by atoms with E-state index in [1.165, 1.54) is 18.5 Å². The third-order valence-corrected chi connectivity index (χ3v) is 5.28. The molecule has 1 aliphatic rings. The van der Waals surface area contributed by atoms with Crippen LogP contribution in [0.4, 0.5) is 24.8 Å². The smallest absolute Gasteiger partial charge is 0.403 e. The lowest BCUT2D eigenvalue weighted by molar-refractivity contribution is -0.274.